The van der Waals surface area contributed by atoms with Crippen molar-refractivity contribution < 1.29 is 27.9 Å². The third-order valence-corrected chi connectivity index (χ3v) is 4.48. The third kappa shape index (κ3) is 4.74. The number of carboxylic acids is 1. The van der Waals surface area contributed by atoms with E-state index in [2.05, 4.69) is 0 Å². The van der Waals surface area contributed by atoms with Gasteiger partial charge in [-0.3, -0.25) is 14.4 Å². The first kappa shape index (κ1) is 18.0. The monoisotopic (exact) mass is 327 g/mol. The van der Waals surface area contributed by atoms with Crippen LogP contribution in [-0.2, 0) is 19.6 Å². The van der Waals surface area contributed by atoms with E-state index in [0.29, 0.717) is 5.56 Å². The zero-order chi connectivity index (χ0) is 16.9. The SMILES string of the molecule is CCC(=O)CC(NS(=O)(=O)c1ccc(C(C)=O)cc1)C(=O)O. The predicted octanol–water partition coefficient (Wildman–Crippen LogP) is 0.990. The normalized spacial score (nSPS) is 12.6. The van der Waals surface area contributed by atoms with Crippen molar-refractivity contribution in [2.24, 2.45) is 0 Å². The van der Waals surface area contributed by atoms with E-state index in [1.54, 1.807) is 6.92 Å². The van der Waals surface area contributed by atoms with Crippen LogP contribution in [0.2, 0.25) is 0 Å². The van der Waals surface area contributed by atoms with E-state index < -0.39 is 28.5 Å². The van der Waals surface area contributed by atoms with Crippen LogP contribution in [0.25, 0.3) is 0 Å². The van der Waals surface area contributed by atoms with Crippen LogP contribution in [-0.4, -0.2) is 37.1 Å². The maximum atomic E-state index is 12.1. The van der Waals surface area contributed by atoms with Crippen molar-refractivity contribution in [3.63, 3.8) is 0 Å². The number of nitrogens with one attached hydrogen (secondary N) is 1. The fraction of sp³-hybridized carbons (Fsp3) is 0.357. The Kier molecular flexibility index (Phi) is 5.95. The van der Waals surface area contributed by atoms with Gasteiger partial charge in [-0.05, 0) is 19.1 Å². The molecule has 0 aliphatic heterocycles. The zero-order valence-electron chi connectivity index (χ0n) is 12.2. The summed E-state index contributed by atoms with van der Waals surface area (Å²) in [5.74, 6) is -2.00. The summed E-state index contributed by atoms with van der Waals surface area (Å²) >= 11 is 0. The van der Waals surface area contributed by atoms with Crippen molar-refractivity contribution in [2.75, 3.05) is 0 Å². The summed E-state index contributed by atoms with van der Waals surface area (Å²) in [6, 6.07) is 3.57. The number of rotatable bonds is 8. The minimum Gasteiger partial charge on any atom is -0.480 e. The van der Waals surface area contributed by atoms with E-state index in [0.717, 1.165) is 0 Å². The van der Waals surface area contributed by atoms with E-state index in [1.165, 1.54) is 31.2 Å². The van der Waals surface area contributed by atoms with Crippen LogP contribution >= 0.6 is 0 Å². The molecule has 0 aromatic heterocycles. The van der Waals surface area contributed by atoms with E-state index in [1.807, 2.05) is 4.72 Å². The molecule has 1 atom stereocenters. The second kappa shape index (κ2) is 7.28. The van der Waals surface area contributed by atoms with Gasteiger partial charge in [-0.2, -0.15) is 4.72 Å². The fourth-order valence-electron chi connectivity index (χ4n) is 1.68. The molecule has 0 amide bonds. The molecule has 1 unspecified atom stereocenters. The van der Waals surface area contributed by atoms with E-state index >= 15 is 0 Å². The highest BCUT2D eigenvalue weighted by atomic mass is 32.2. The van der Waals surface area contributed by atoms with Crippen molar-refractivity contribution in [3.8, 4) is 0 Å². The Bertz CT molecular complexity index is 678. The highest BCUT2D eigenvalue weighted by Crippen LogP contribution is 2.12. The van der Waals surface area contributed by atoms with Crippen LogP contribution < -0.4 is 4.72 Å². The van der Waals surface area contributed by atoms with Gasteiger partial charge < -0.3 is 5.11 Å². The van der Waals surface area contributed by atoms with Crippen LogP contribution in [0.5, 0.6) is 0 Å². The van der Waals surface area contributed by atoms with Gasteiger partial charge in [0.15, 0.2) is 5.78 Å². The number of aliphatic carboxylic acids is 1. The summed E-state index contributed by atoms with van der Waals surface area (Å²) in [5, 5.41) is 9.02. The molecule has 7 nitrogen and oxygen atoms in total. The Morgan fingerprint density at radius 3 is 2.14 bits per heavy atom. The lowest BCUT2D eigenvalue weighted by molar-refractivity contribution is -0.140. The summed E-state index contributed by atoms with van der Waals surface area (Å²) in [5.41, 5.74) is 0.342. The number of ketones is 2. The maximum Gasteiger partial charge on any atom is 0.322 e. The Balaban J connectivity index is 2.99. The summed E-state index contributed by atoms with van der Waals surface area (Å²) in [6.45, 7) is 2.91. The average Bonchev–Trinajstić information content (AvgIpc) is 2.46. The van der Waals surface area contributed by atoms with Gasteiger partial charge >= 0.3 is 5.97 Å². The number of Topliss-reactive ketones (excluding diaryl/α,β-unsaturated/α-hetero) is 2. The topological polar surface area (TPSA) is 118 Å². The third-order valence-electron chi connectivity index (χ3n) is 2.99. The van der Waals surface area contributed by atoms with Crippen molar-refractivity contribution in [1.29, 1.82) is 0 Å². The Morgan fingerprint density at radius 2 is 1.73 bits per heavy atom. The smallest absolute Gasteiger partial charge is 0.322 e. The molecule has 0 bridgehead atoms. The summed E-state index contributed by atoms with van der Waals surface area (Å²) in [6.07, 6.45) is -0.296. The van der Waals surface area contributed by atoms with Gasteiger partial charge in [-0.25, -0.2) is 8.42 Å². The molecule has 0 saturated heterocycles. The minimum atomic E-state index is -4.10. The maximum absolute atomic E-state index is 12.1. The Hall–Kier alpha value is -2.06. The number of hydrogen-bond donors (Lipinski definition) is 2. The predicted molar refractivity (Wildman–Crippen MR) is 78.1 cm³/mol. The number of carbonyl (C=O) groups is 3. The van der Waals surface area contributed by atoms with Crippen molar-refractivity contribution >= 4 is 27.6 Å². The highest BCUT2D eigenvalue weighted by Gasteiger charge is 2.27. The molecular weight excluding hydrogens is 310 g/mol. The molecule has 0 aliphatic carbocycles. The quantitative estimate of drug-likeness (QED) is 0.688. The van der Waals surface area contributed by atoms with Crippen LogP contribution in [0, 0.1) is 0 Å². The van der Waals surface area contributed by atoms with Crippen LogP contribution in [0.1, 0.15) is 37.0 Å². The average molecular weight is 327 g/mol. The lowest BCUT2D eigenvalue weighted by Gasteiger charge is -2.14. The van der Waals surface area contributed by atoms with Gasteiger partial charge in [-0.1, -0.05) is 19.1 Å². The van der Waals surface area contributed by atoms with Crippen molar-refractivity contribution in [2.45, 2.75) is 37.6 Å². The van der Waals surface area contributed by atoms with Gasteiger partial charge in [0.05, 0.1) is 4.90 Å². The largest absolute Gasteiger partial charge is 0.480 e. The molecule has 0 saturated carbocycles. The lowest BCUT2D eigenvalue weighted by Crippen LogP contribution is -2.42. The Morgan fingerprint density at radius 1 is 1.18 bits per heavy atom. The van der Waals surface area contributed by atoms with Crippen LogP contribution in [0.15, 0.2) is 29.2 Å². The van der Waals surface area contributed by atoms with Gasteiger partial charge in [-0.15, -0.1) is 0 Å². The lowest BCUT2D eigenvalue weighted by atomic mass is 10.1. The van der Waals surface area contributed by atoms with Gasteiger partial charge in [0.2, 0.25) is 10.0 Å². The number of carbonyl (C=O) groups excluding carboxylic acids is 2. The fourth-order valence-corrected chi connectivity index (χ4v) is 2.86. The van der Waals surface area contributed by atoms with Crippen LogP contribution in [0.4, 0.5) is 0 Å². The van der Waals surface area contributed by atoms with Gasteiger partial charge in [0.25, 0.3) is 0 Å². The summed E-state index contributed by atoms with van der Waals surface area (Å²) in [4.78, 5) is 33.4. The standard InChI is InChI=1S/C14H17NO6S/c1-3-11(17)8-13(14(18)19)15-22(20,21)12-6-4-10(5-7-12)9(2)16/h4-7,13,15H,3,8H2,1-2H3,(H,18,19). The molecule has 0 aliphatic rings. The van der Waals surface area contributed by atoms with E-state index in [4.69, 9.17) is 5.11 Å². The molecule has 0 heterocycles. The molecule has 0 spiro atoms. The molecule has 120 valence electrons. The second-order valence-corrected chi connectivity index (χ2v) is 6.40. The summed E-state index contributed by atoms with van der Waals surface area (Å²) < 4.78 is 26.2. The molecule has 0 radical (unpaired) electrons. The molecule has 0 fully saturated rings. The number of benzene rings is 1. The Labute approximate surface area is 128 Å². The van der Waals surface area contributed by atoms with Gasteiger partial charge in [0.1, 0.15) is 11.8 Å². The molecule has 22 heavy (non-hydrogen) atoms. The first-order chi connectivity index (χ1) is 10.2. The van der Waals surface area contributed by atoms with Crippen molar-refractivity contribution in [3.05, 3.63) is 29.8 Å². The first-order valence-electron chi connectivity index (χ1n) is 6.55. The molecule has 2 N–H and O–H groups in total. The van der Waals surface area contributed by atoms with E-state index in [-0.39, 0.29) is 22.9 Å². The van der Waals surface area contributed by atoms with E-state index in [9.17, 15) is 22.8 Å². The van der Waals surface area contributed by atoms with Gasteiger partial charge in [0, 0.05) is 18.4 Å². The molecule has 1 aromatic carbocycles. The number of carboxylic acid groups (broad SMARTS) is 1. The summed E-state index contributed by atoms with van der Waals surface area (Å²) in [7, 11) is -4.10. The molecule has 1 rings (SSSR count). The highest BCUT2D eigenvalue weighted by molar-refractivity contribution is 7.89. The number of sulfonamides is 1. The first-order valence-corrected chi connectivity index (χ1v) is 8.03. The molecule has 8 heteroatoms. The second-order valence-electron chi connectivity index (χ2n) is 4.69. The number of hydrogen-bond acceptors (Lipinski definition) is 5. The molecule has 1 aromatic rings. The zero-order valence-corrected chi connectivity index (χ0v) is 13.0. The molecular formula is C14H17NO6S. The van der Waals surface area contributed by atoms with Crippen molar-refractivity contribution in [1.82, 2.24) is 4.72 Å². The minimum absolute atomic E-state index is 0.124. The van der Waals surface area contributed by atoms with Crippen LogP contribution in [0.3, 0.4) is 0 Å².